The van der Waals surface area contributed by atoms with E-state index in [0.717, 1.165) is 11.3 Å². The molecule has 25 heavy (non-hydrogen) atoms. The maximum absolute atomic E-state index is 12.1. The van der Waals surface area contributed by atoms with Crippen molar-refractivity contribution in [3.8, 4) is 5.75 Å². The first-order valence-electron chi connectivity index (χ1n) is 8.42. The van der Waals surface area contributed by atoms with Crippen LogP contribution in [-0.4, -0.2) is 30.5 Å². The van der Waals surface area contributed by atoms with Crippen LogP contribution in [0.3, 0.4) is 0 Å². The molecule has 0 atom stereocenters. The fourth-order valence-electron chi connectivity index (χ4n) is 2.46. The summed E-state index contributed by atoms with van der Waals surface area (Å²) < 4.78 is 0. The normalized spacial score (nSPS) is 10.3. The van der Waals surface area contributed by atoms with Crippen molar-refractivity contribution < 1.29 is 14.7 Å². The molecule has 0 bridgehead atoms. The standard InChI is InChI=1S/C20H24N2O3/c1-22(17-6-3-2-4-7-17)20(25)9-5-8-19(24)21-15-14-16-10-12-18(23)13-11-16/h2-4,6-7,10-13,23H,5,8-9,14-15H2,1H3,(H,21,24). The lowest BCUT2D eigenvalue weighted by Crippen LogP contribution is -2.28. The van der Waals surface area contributed by atoms with Gasteiger partial charge in [-0.15, -0.1) is 0 Å². The second kappa shape index (κ2) is 9.47. The van der Waals surface area contributed by atoms with Gasteiger partial charge in [-0.25, -0.2) is 0 Å². The third-order valence-corrected chi connectivity index (χ3v) is 3.98. The first-order chi connectivity index (χ1) is 12.1. The summed E-state index contributed by atoms with van der Waals surface area (Å²) in [5.74, 6) is 0.190. The minimum atomic E-state index is -0.0473. The number of anilines is 1. The second-order valence-corrected chi connectivity index (χ2v) is 5.91. The molecule has 0 spiro atoms. The molecule has 0 unspecified atom stereocenters. The minimum Gasteiger partial charge on any atom is -0.508 e. The molecule has 0 fully saturated rings. The molecule has 0 saturated heterocycles. The van der Waals surface area contributed by atoms with Crippen LogP contribution < -0.4 is 10.2 Å². The fraction of sp³-hybridized carbons (Fsp3) is 0.300. The number of nitrogens with zero attached hydrogens (tertiary/aromatic N) is 1. The SMILES string of the molecule is CN(C(=O)CCCC(=O)NCCc1ccc(O)cc1)c1ccccc1. The lowest BCUT2D eigenvalue weighted by molar-refractivity contribution is -0.121. The van der Waals surface area contributed by atoms with E-state index in [-0.39, 0.29) is 17.6 Å². The van der Waals surface area contributed by atoms with E-state index in [4.69, 9.17) is 0 Å². The Hall–Kier alpha value is -2.82. The monoisotopic (exact) mass is 340 g/mol. The highest BCUT2D eigenvalue weighted by Crippen LogP contribution is 2.13. The zero-order chi connectivity index (χ0) is 18.1. The van der Waals surface area contributed by atoms with E-state index in [9.17, 15) is 14.7 Å². The fourth-order valence-corrected chi connectivity index (χ4v) is 2.46. The quantitative estimate of drug-likeness (QED) is 0.776. The highest BCUT2D eigenvalue weighted by Gasteiger charge is 2.11. The van der Waals surface area contributed by atoms with Crippen molar-refractivity contribution in [2.24, 2.45) is 0 Å². The molecule has 5 heteroatoms. The number of hydrogen-bond acceptors (Lipinski definition) is 3. The molecule has 2 amide bonds. The Kier molecular flexibility index (Phi) is 7.01. The molecule has 2 rings (SSSR count). The lowest BCUT2D eigenvalue weighted by atomic mass is 10.1. The van der Waals surface area contributed by atoms with E-state index in [1.165, 1.54) is 0 Å². The molecule has 0 aliphatic heterocycles. The highest BCUT2D eigenvalue weighted by molar-refractivity contribution is 5.92. The van der Waals surface area contributed by atoms with E-state index in [2.05, 4.69) is 5.32 Å². The molecule has 0 heterocycles. The Bertz CT molecular complexity index is 684. The van der Waals surface area contributed by atoms with Gasteiger partial charge in [0.05, 0.1) is 0 Å². The summed E-state index contributed by atoms with van der Waals surface area (Å²) in [6.45, 7) is 0.543. The molecule has 2 aromatic carbocycles. The highest BCUT2D eigenvalue weighted by atomic mass is 16.3. The van der Waals surface area contributed by atoms with E-state index in [1.807, 2.05) is 42.5 Å². The first kappa shape index (κ1) is 18.5. The first-order valence-corrected chi connectivity index (χ1v) is 8.42. The Morgan fingerprint density at radius 1 is 1.00 bits per heavy atom. The van der Waals surface area contributed by atoms with Gasteiger partial charge in [-0.2, -0.15) is 0 Å². The number of para-hydroxylation sites is 1. The number of hydrogen-bond donors (Lipinski definition) is 2. The smallest absolute Gasteiger partial charge is 0.226 e. The van der Waals surface area contributed by atoms with Crippen molar-refractivity contribution in [3.63, 3.8) is 0 Å². The summed E-state index contributed by atoms with van der Waals surface area (Å²) in [7, 11) is 1.75. The number of carbonyl (C=O) groups is 2. The van der Waals surface area contributed by atoms with Crippen LogP contribution in [0.2, 0.25) is 0 Å². The van der Waals surface area contributed by atoms with Crippen LogP contribution in [0.25, 0.3) is 0 Å². The average molecular weight is 340 g/mol. The number of carbonyl (C=O) groups excluding carboxylic acids is 2. The van der Waals surface area contributed by atoms with Gasteiger partial charge in [-0.3, -0.25) is 9.59 Å². The van der Waals surface area contributed by atoms with Gasteiger partial charge < -0.3 is 15.3 Å². The number of phenolic OH excluding ortho intramolecular Hbond substituents is 1. The van der Waals surface area contributed by atoms with Crippen molar-refractivity contribution in [1.29, 1.82) is 0 Å². The van der Waals surface area contributed by atoms with Crippen molar-refractivity contribution in [2.45, 2.75) is 25.7 Å². The molecule has 132 valence electrons. The van der Waals surface area contributed by atoms with Crippen LogP contribution >= 0.6 is 0 Å². The third-order valence-electron chi connectivity index (χ3n) is 3.98. The lowest BCUT2D eigenvalue weighted by Gasteiger charge is -2.17. The zero-order valence-electron chi connectivity index (χ0n) is 14.4. The Morgan fingerprint density at radius 2 is 1.68 bits per heavy atom. The summed E-state index contributed by atoms with van der Waals surface area (Å²) in [5, 5.41) is 12.1. The van der Waals surface area contributed by atoms with E-state index < -0.39 is 0 Å². The molecule has 0 aliphatic rings. The minimum absolute atomic E-state index is 0.00286. The topological polar surface area (TPSA) is 69.6 Å². The largest absolute Gasteiger partial charge is 0.508 e. The van der Waals surface area contributed by atoms with Crippen molar-refractivity contribution in [1.82, 2.24) is 5.32 Å². The molecule has 0 aliphatic carbocycles. The van der Waals surface area contributed by atoms with Gasteiger partial charge in [0.15, 0.2) is 0 Å². The predicted octanol–water partition coefficient (Wildman–Crippen LogP) is 2.88. The Morgan fingerprint density at radius 3 is 2.36 bits per heavy atom. The van der Waals surface area contributed by atoms with Crippen LogP contribution in [0.1, 0.15) is 24.8 Å². The number of phenols is 1. The number of nitrogens with one attached hydrogen (secondary N) is 1. The van der Waals surface area contributed by atoms with Gasteiger partial charge in [0.25, 0.3) is 0 Å². The average Bonchev–Trinajstić information content (AvgIpc) is 2.63. The molecule has 0 saturated carbocycles. The summed E-state index contributed by atoms with van der Waals surface area (Å²) >= 11 is 0. The Balaban J connectivity index is 1.63. The summed E-state index contributed by atoms with van der Waals surface area (Å²) in [6.07, 6.45) is 1.92. The van der Waals surface area contributed by atoms with Gasteiger partial charge in [-0.1, -0.05) is 30.3 Å². The second-order valence-electron chi connectivity index (χ2n) is 5.91. The third kappa shape index (κ3) is 6.30. The molecule has 0 radical (unpaired) electrons. The van der Waals surface area contributed by atoms with Crippen LogP contribution in [0, 0.1) is 0 Å². The van der Waals surface area contributed by atoms with E-state index in [1.54, 1.807) is 24.1 Å². The summed E-state index contributed by atoms with van der Waals surface area (Å²) in [5.41, 5.74) is 1.91. The number of benzene rings is 2. The zero-order valence-corrected chi connectivity index (χ0v) is 14.4. The predicted molar refractivity (Wildman–Crippen MR) is 98.5 cm³/mol. The maximum Gasteiger partial charge on any atom is 0.226 e. The van der Waals surface area contributed by atoms with Crippen LogP contribution in [-0.2, 0) is 16.0 Å². The Labute approximate surface area is 148 Å². The molecule has 2 aromatic rings. The van der Waals surface area contributed by atoms with Crippen molar-refractivity contribution >= 4 is 17.5 Å². The van der Waals surface area contributed by atoms with E-state index >= 15 is 0 Å². The van der Waals surface area contributed by atoms with Crippen LogP contribution in [0.4, 0.5) is 5.69 Å². The van der Waals surface area contributed by atoms with Gasteiger partial charge in [0, 0.05) is 32.1 Å². The number of rotatable bonds is 8. The van der Waals surface area contributed by atoms with Gasteiger partial charge in [-0.05, 0) is 42.7 Å². The molecular formula is C20H24N2O3. The van der Waals surface area contributed by atoms with Crippen molar-refractivity contribution in [3.05, 3.63) is 60.2 Å². The number of amides is 2. The summed E-state index contributed by atoms with van der Waals surface area (Å²) in [4.78, 5) is 25.6. The summed E-state index contributed by atoms with van der Waals surface area (Å²) in [6, 6.07) is 16.4. The molecule has 2 N–H and O–H groups in total. The van der Waals surface area contributed by atoms with Crippen LogP contribution in [0.15, 0.2) is 54.6 Å². The van der Waals surface area contributed by atoms with Gasteiger partial charge in [0.1, 0.15) is 5.75 Å². The molecule has 0 aromatic heterocycles. The van der Waals surface area contributed by atoms with Gasteiger partial charge in [0.2, 0.25) is 11.8 Å². The maximum atomic E-state index is 12.1. The molecular weight excluding hydrogens is 316 g/mol. The number of aromatic hydroxyl groups is 1. The van der Waals surface area contributed by atoms with E-state index in [0.29, 0.717) is 32.2 Å². The van der Waals surface area contributed by atoms with Crippen molar-refractivity contribution in [2.75, 3.05) is 18.5 Å². The molecule has 5 nitrogen and oxygen atoms in total. The van der Waals surface area contributed by atoms with Crippen LogP contribution in [0.5, 0.6) is 5.75 Å². The van der Waals surface area contributed by atoms with Gasteiger partial charge >= 0.3 is 0 Å².